The van der Waals surface area contributed by atoms with Gasteiger partial charge in [0.1, 0.15) is 18.2 Å². The molecule has 0 unspecified atom stereocenters. The lowest BCUT2D eigenvalue weighted by Gasteiger charge is -2.09. The normalized spacial score (nSPS) is 10.9. The Labute approximate surface area is 124 Å². The second-order valence-corrected chi connectivity index (χ2v) is 4.67. The molecule has 2 heterocycles. The first-order chi connectivity index (χ1) is 10.6. The minimum Gasteiger partial charge on any atom is -0.485 e. The Morgan fingerprint density at radius 3 is 2.64 bits per heavy atom. The van der Waals surface area contributed by atoms with Crippen molar-refractivity contribution >= 4 is 11.5 Å². The number of imidazole rings is 1. The van der Waals surface area contributed by atoms with E-state index in [0.717, 1.165) is 12.1 Å². The third-order valence-electron chi connectivity index (χ3n) is 3.28. The molecule has 0 fully saturated rings. The quantitative estimate of drug-likeness (QED) is 0.687. The fourth-order valence-electron chi connectivity index (χ4n) is 2.19. The molecule has 112 valence electrons. The number of ether oxygens (including phenoxy) is 1. The Kier molecular flexibility index (Phi) is 3.54. The van der Waals surface area contributed by atoms with Crippen LogP contribution in [0.5, 0.6) is 5.75 Å². The maximum atomic E-state index is 13.6. The highest BCUT2D eigenvalue weighted by Crippen LogP contribution is 2.27. The summed E-state index contributed by atoms with van der Waals surface area (Å²) in [6.07, 6.45) is 1.61. The molecule has 0 aliphatic carbocycles. The standard InChI is InChI=1S/C15H11F2N3O2/c1-9-14(19-21)20-7-3-6-13(15(20)18-9)22-8-10-11(16)4-2-5-12(10)17/h2-7H,8H2,1H3. The number of hydrogen-bond acceptors (Lipinski definition) is 4. The molecule has 1 aromatic carbocycles. The van der Waals surface area contributed by atoms with E-state index < -0.39 is 11.6 Å². The molecule has 0 bridgehead atoms. The molecule has 0 saturated heterocycles. The Morgan fingerprint density at radius 2 is 1.95 bits per heavy atom. The predicted molar refractivity (Wildman–Crippen MR) is 76.1 cm³/mol. The molecule has 0 N–H and O–H groups in total. The van der Waals surface area contributed by atoms with Crippen LogP contribution in [0.4, 0.5) is 14.6 Å². The second-order valence-electron chi connectivity index (χ2n) is 4.67. The fourth-order valence-corrected chi connectivity index (χ4v) is 2.19. The molecule has 0 amide bonds. The van der Waals surface area contributed by atoms with Crippen molar-refractivity contribution in [3.05, 3.63) is 64.3 Å². The zero-order valence-corrected chi connectivity index (χ0v) is 11.6. The Balaban J connectivity index is 1.96. The van der Waals surface area contributed by atoms with Crippen LogP contribution >= 0.6 is 0 Å². The second kappa shape index (κ2) is 5.51. The number of benzene rings is 1. The Bertz CT molecular complexity index is 841. The van der Waals surface area contributed by atoms with Crippen LogP contribution < -0.4 is 4.74 Å². The van der Waals surface area contributed by atoms with Crippen LogP contribution in [0.3, 0.4) is 0 Å². The molecular weight excluding hydrogens is 292 g/mol. The topological polar surface area (TPSA) is 56.0 Å². The van der Waals surface area contributed by atoms with E-state index in [-0.39, 0.29) is 18.0 Å². The average molecular weight is 303 g/mol. The Morgan fingerprint density at radius 1 is 1.23 bits per heavy atom. The van der Waals surface area contributed by atoms with Crippen LogP contribution in [0.2, 0.25) is 0 Å². The van der Waals surface area contributed by atoms with Crippen molar-refractivity contribution in [1.82, 2.24) is 9.38 Å². The number of halogens is 2. The number of nitrogens with zero attached hydrogens (tertiary/aromatic N) is 3. The lowest BCUT2D eigenvalue weighted by molar-refractivity contribution is 0.294. The minimum atomic E-state index is -0.679. The molecule has 0 spiro atoms. The van der Waals surface area contributed by atoms with Crippen LogP contribution in [0, 0.1) is 23.5 Å². The summed E-state index contributed by atoms with van der Waals surface area (Å²) >= 11 is 0. The number of pyridine rings is 1. The molecule has 7 heteroatoms. The van der Waals surface area contributed by atoms with Gasteiger partial charge in [-0.2, -0.15) is 0 Å². The number of nitroso groups, excluding NO2 is 1. The number of fused-ring (bicyclic) bond motifs is 1. The van der Waals surface area contributed by atoms with Crippen molar-refractivity contribution in [2.45, 2.75) is 13.5 Å². The minimum absolute atomic E-state index is 0.164. The number of aryl methyl sites for hydroxylation is 1. The van der Waals surface area contributed by atoms with Crippen molar-refractivity contribution in [1.29, 1.82) is 0 Å². The summed E-state index contributed by atoms with van der Waals surface area (Å²) in [6, 6.07) is 6.85. The number of hydrogen-bond donors (Lipinski definition) is 0. The lowest BCUT2D eigenvalue weighted by atomic mass is 10.2. The first kappa shape index (κ1) is 14.1. The molecule has 0 radical (unpaired) electrons. The van der Waals surface area contributed by atoms with Gasteiger partial charge >= 0.3 is 0 Å². The van der Waals surface area contributed by atoms with E-state index in [2.05, 4.69) is 10.2 Å². The van der Waals surface area contributed by atoms with Gasteiger partial charge in [-0.1, -0.05) is 6.07 Å². The van der Waals surface area contributed by atoms with E-state index in [1.807, 2.05) is 0 Å². The van der Waals surface area contributed by atoms with E-state index >= 15 is 0 Å². The smallest absolute Gasteiger partial charge is 0.204 e. The molecule has 0 saturated carbocycles. The lowest BCUT2D eigenvalue weighted by Crippen LogP contribution is -2.02. The summed E-state index contributed by atoms with van der Waals surface area (Å²) in [4.78, 5) is 15.0. The van der Waals surface area contributed by atoms with E-state index in [1.54, 1.807) is 25.3 Å². The van der Waals surface area contributed by atoms with Crippen LogP contribution in [0.1, 0.15) is 11.3 Å². The molecule has 22 heavy (non-hydrogen) atoms. The SMILES string of the molecule is Cc1nc2c(OCc3c(F)cccc3F)cccn2c1N=O. The summed E-state index contributed by atoms with van der Waals surface area (Å²) in [6.45, 7) is 1.36. The fraction of sp³-hybridized carbons (Fsp3) is 0.133. The molecule has 2 aromatic heterocycles. The largest absolute Gasteiger partial charge is 0.485 e. The zero-order valence-electron chi connectivity index (χ0n) is 11.6. The summed E-state index contributed by atoms with van der Waals surface area (Å²) in [5.41, 5.74) is 0.649. The highest BCUT2D eigenvalue weighted by Gasteiger charge is 2.14. The van der Waals surface area contributed by atoms with Crippen LogP contribution in [0.15, 0.2) is 41.7 Å². The number of aromatic nitrogens is 2. The molecule has 0 atom stereocenters. The van der Waals surface area contributed by atoms with Gasteiger partial charge in [-0.3, -0.25) is 4.40 Å². The van der Waals surface area contributed by atoms with Gasteiger partial charge in [0.25, 0.3) is 0 Å². The summed E-state index contributed by atoms with van der Waals surface area (Å²) in [5.74, 6) is -0.885. The van der Waals surface area contributed by atoms with E-state index in [0.29, 0.717) is 17.1 Å². The van der Waals surface area contributed by atoms with Gasteiger partial charge in [0, 0.05) is 6.20 Å². The maximum Gasteiger partial charge on any atom is 0.204 e. The summed E-state index contributed by atoms with van der Waals surface area (Å²) < 4.78 is 34.1. The van der Waals surface area contributed by atoms with E-state index in [1.165, 1.54) is 10.5 Å². The van der Waals surface area contributed by atoms with E-state index in [9.17, 15) is 13.7 Å². The highest BCUT2D eigenvalue weighted by atomic mass is 19.1. The zero-order chi connectivity index (χ0) is 15.7. The Hall–Kier alpha value is -2.83. The third-order valence-corrected chi connectivity index (χ3v) is 3.28. The molecule has 3 aromatic rings. The predicted octanol–water partition coefficient (Wildman–Crippen LogP) is 3.90. The van der Waals surface area contributed by atoms with Crippen LogP contribution in [-0.2, 0) is 6.61 Å². The molecule has 0 aliphatic rings. The first-order valence-corrected chi connectivity index (χ1v) is 6.48. The molecule has 0 aliphatic heterocycles. The van der Waals surface area contributed by atoms with Crippen LogP contribution in [-0.4, -0.2) is 9.38 Å². The van der Waals surface area contributed by atoms with Crippen molar-refractivity contribution in [3.8, 4) is 5.75 Å². The van der Waals surface area contributed by atoms with Gasteiger partial charge in [-0.15, -0.1) is 4.91 Å². The van der Waals surface area contributed by atoms with Crippen molar-refractivity contribution in [3.63, 3.8) is 0 Å². The average Bonchev–Trinajstić information content (AvgIpc) is 2.82. The first-order valence-electron chi connectivity index (χ1n) is 6.48. The van der Waals surface area contributed by atoms with Gasteiger partial charge in [0.2, 0.25) is 5.82 Å². The molecule has 5 nitrogen and oxygen atoms in total. The molecular formula is C15H11F2N3O2. The van der Waals surface area contributed by atoms with Gasteiger partial charge in [0.15, 0.2) is 11.4 Å². The van der Waals surface area contributed by atoms with Gasteiger partial charge in [0.05, 0.1) is 11.3 Å². The van der Waals surface area contributed by atoms with E-state index in [4.69, 9.17) is 4.74 Å². The van der Waals surface area contributed by atoms with Crippen molar-refractivity contribution in [2.75, 3.05) is 0 Å². The summed E-state index contributed by atoms with van der Waals surface area (Å²) in [7, 11) is 0. The van der Waals surface area contributed by atoms with Gasteiger partial charge in [-0.25, -0.2) is 13.8 Å². The maximum absolute atomic E-state index is 13.6. The van der Waals surface area contributed by atoms with Crippen molar-refractivity contribution in [2.24, 2.45) is 5.18 Å². The summed E-state index contributed by atoms with van der Waals surface area (Å²) in [5, 5.41) is 2.92. The van der Waals surface area contributed by atoms with Crippen molar-refractivity contribution < 1.29 is 13.5 Å². The third kappa shape index (κ3) is 2.30. The highest BCUT2D eigenvalue weighted by molar-refractivity contribution is 5.60. The van der Waals surface area contributed by atoms with Gasteiger partial charge in [-0.05, 0) is 36.4 Å². The number of rotatable bonds is 4. The molecule has 3 rings (SSSR count). The van der Waals surface area contributed by atoms with Gasteiger partial charge < -0.3 is 4.74 Å². The van der Waals surface area contributed by atoms with Crippen LogP contribution in [0.25, 0.3) is 5.65 Å². The monoisotopic (exact) mass is 303 g/mol.